The van der Waals surface area contributed by atoms with Gasteiger partial charge in [0.1, 0.15) is 0 Å². The zero-order chi connectivity index (χ0) is 14.1. The van der Waals surface area contributed by atoms with Gasteiger partial charge in [0.2, 0.25) is 0 Å². The molecule has 0 aromatic rings. The molecule has 19 heavy (non-hydrogen) atoms. The fourth-order valence-corrected chi connectivity index (χ4v) is 4.49. The second-order valence-electron chi connectivity index (χ2n) is 8.12. The first-order valence-electron chi connectivity index (χ1n) is 7.42. The molecular weight excluding hydrogens is 237 g/mol. The predicted molar refractivity (Wildman–Crippen MR) is 74.4 cm³/mol. The number of rotatable bonds is 2. The second kappa shape index (κ2) is 3.77. The first kappa shape index (κ1) is 13.5. The van der Waals surface area contributed by atoms with Crippen molar-refractivity contribution in [3.05, 3.63) is 0 Å². The summed E-state index contributed by atoms with van der Waals surface area (Å²) in [4.78, 5) is 0. The van der Waals surface area contributed by atoms with E-state index in [4.69, 9.17) is 14.6 Å². The lowest BCUT2D eigenvalue weighted by atomic mass is 9.43. The number of hydrogen-bond acceptors (Lipinski definition) is 3. The molecule has 0 radical (unpaired) electrons. The molecule has 4 fully saturated rings. The molecular formula is C15H24BNO2. The third kappa shape index (κ3) is 1.64. The molecule has 0 amide bonds. The Morgan fingerprint density at radius 2 is 2.00 bits per heavy atom. The van der Waals surface area contributed by atoms with E-state index in [1.165, 1.54) is 6.42 Å². The Morgan fingerprint density at radius 1 is 1.32 bits per heavy atom. The molecule has 2 unspecified atom stereocenters. The molecule has 3 saturated carbocycles. The highest BCUT2D eigenvalue weighted by atomic mass is 16.7. The van der Waals surface area contributed by atoms with Crippen molar-refractivity contribution in [2.75, 3.05) is 0 Å². The highest BCUT2D eigenvalue weighted by molar-refractivity contribution is 6.49. The molecule has 0 N–H and O–H groups in total. The minimum Gasteiger partial charge on any atom is -0.405 e. The lowest BCUT2D eigenvalue weighted by Crippen LogP contribution is -2.65. The standard InChI is InChI=1S/C15H24BNO2/c1-13(2,6-7-17)16-18-12-9-10-8-11(14(10,3)4)15(12,5)19-16/h10-12H,6,8-9H2,1-5H3/t10?,11?,12-,15+/m1/s1. The maximum absolute atomic E-state index is 8.97. The van der Waals surface area contributed by atoms with E-state index in [0.29, 0.717) is 17.8 Å². The molecule has 1 saturated heterocycles. The van der Waals surface area contributed by atoms with Crippen LogP contribution < -0.4 is 0 Å². The molecule has 4 heteroatoms. The number of hydrogen-bond donors (Lipinski definition) is 0. The van der Waals surface area contributed by atoms with E-state index >= 15 is 0 Å². The zero-order valence-corrected chi connectivity index (χ0v) is 12.7. The van der Waals surface area contributed by atoms with Crippen LogP contribution in [-0.4, -0.2) is 18.8 Å². The van der Waals surface area contributed by atoms with Crippen molar-refractivity contribution in [1.29, 1.82) is 5.26 Å². The van der Waals surface area contributed by atoms with Gasteiger partial charge in [-0.15, -0.1) is 0 Å². The van der Waals surface area contributed by atoms with Crippen LogP contribution >= 0.6 is 0 Å². The van der Waals surface area contributed by atoms with E-state index in [1.54, 1.807) is 0 Å². The molecule has 2 bridgehead atoms. The summed E-state index contributed by atoms with van der Waals surface area (Å²) in [5.74, 6) is 1.36. The van der Waals surface area contributed by atoms with E-state index < -0.39 is 0 Å². The van der Waals surface area contributed by atoms with Crippen LogP contribution in [-0.2, 0) is 9.31 Å². The van der Waals surface area contributed by atoms with Crippen molar-refractivity contribution < 1.29 is 9.31 Å². The molecule has 1 heterocycles. The van der Waals surface area contributed by atoms with Crippen LogP contribution in [0.3, 0.4) is 0 Å². The summed E-state index contributed by atoms with van der Waals surface area (Å²) in [6, 6.07) is 2.26. The Kier molecular flexibility index (Phi) is 2.67. The van der Waals surface area contributed by atoms with E-state index in [2.05, 4.69) is 40.7 Å². The minimum absolute atomic E-state index is 0.157. The quantitative estimate of drug-likeness (QED) is 0.715. The van der Waals surface area contributed by atoms with Crippen LogP contribution in [0.25, 0.3) is 0 Å². The summed E-state index contributed by atoms with van der Waals surface area (Å²) in [5.41, 5.74) is 0.221. The van der Waals surface area contributed by atoms with Gasteiger partial charge in [-0.3, -0.25) is 0 Å². The Labute approximate surface area is 116 Å². The number of nitriles is 1. The van der Waals surface area contributed by atoms with Crippen LogP contribution in [0.15, 0.2) is 0 Å². The van der Waals surface area contributed by atoms with Crippen molar-refractivity contribution >= 4 is 7.12 Å². The van der Waals surface area contributed by atoms with E-state index in [0.717, 1.165) is 12.3 Å². The topological polar surface area (TPSA) is 42.2 Å². The molecule has 4 atom stereocenters. The first-order valence-corrected chi connectivity index (χ1v) is 7.42. The summed E-state index contributed by atoms with van der Waals surface area (Å²) >= 11 is 0. The van der Waals surface area contributed by atoms with Gasteiger partial charge in [0.25, 0.3) is 0 Å². The van der Waals surface area contributed by atoms with Crippen LogP contribution in [0.2, 0.25) is 5.31 Å². The molecule has 1 aliphatic heterocycles. The number of nitrogens with zero attached hydrogens (tertiary/aromatic N) is 1. The molecule has 4 rings (SSSR count). The Bertz CT molecular complexity index is 442. The van der Waals surface area contributed by atoms with Crippen molar-refractivity contribution in [3.8, 4) is 6.07 Å². The monoisotopic (exact) mass is 261 g/mol. The van der Waals surface area contributed by atoms with Crippen LogP contribution in [0.5, 0.6) is 0 Å². The average Bonchev–Trinajstić information content (AvgIpc) is 2.66. The Balaban J connectivity index is 1.83. The van der Waals surface area contributed by atoms with Gasteiger partial charge < -0.3 is 9.31 Å². The van der Waals surface area contributed by atoms with Crippen molar-refractivity contribution in [1.82, 2.24) is 0 Å². The molecule has 3 aliphatic carbocycles. The fourth-order valence-electron chi connectivity index (χ4n) is 4.49. The molecule has 104 valence electrons. The first-order chi connectivity index (χ1) is 8.72. The summed E-state index contributed by atoms with van der Waals surface area (Å²) in [6.45, 7) is 11.1. The third-order valence-electron chi connectivity index (χ3n) is 6.12. The van der Waals surface area contributed by atoms with Gasteiger partial charge in [0.05, 0.1) is 17.8 Å². The van der Waals surface area contributed by atoms with Gasteiger partial charge in [-0.25, -0.2) is 0 Å². The zero-order valence-electron chi connectivity index (χ0n) is 12.7. The van der Waals surface area contributed by atoms with E-state index in [9.17, 15) is 0 Å². The smallest absolute Gasteiger partial charge is 0.405 e. The van der Waals surface area contributed by atoms with Gasteiger partial charge in [-0.2, -0.15) is 5.26 Å². The summed E-state index contributed by atoms with van der Waals surface area (Å²) < 4.78 is 12.6. The fraction of sp³-hybridized carbons (Fsp3) is 0.933. The second-order valence-corrected chi connectivity index (χ2v) is 8.12. The summed E-state index contributed by atoms with van der Waals surface area (Å²) in [5, 5.41) is 8.73. The minimum atomic E-state index is -0.239. The maximum Gasteiger partial charge on any atom is 0.464 e. The van der Waals surface area contributed by atoms with Gasteiger partial charge in [-0.1, -0.05) is 27.7 Å². The van der Waals surface area contributed by atoms with Gasteiger partial charge >= 0.3 is 7.12 Å². The average molecular weight is 261 g/mol. The van der Waals surface area contributed by atoms with Crippen molar-refractivity contribution in [3.63, 3.8) is 0 Å². The summed E-state index contributed by atoms with van der Waals surface area (Å²) in [6.07, 6.45) is 3.07. The largest absolute Gasteiger partial charge is 0.464 e. The normalized spacial score (nSPS) is 43.4. The van der Waals surface area contributed by atoms with E-state index in [-0.39, 0.29) is 24.1 Å². The van der Waals surface area contributed by atoms with Crippen LogP contribution in [0, 0.1) is 28.6 Å². The van der Waals surface area contributed by atoms with Crippen LogP contribution in [0.4, 0.5) is 0 Å². The van der Waals surface area contributed by atoms with Crippen LogP contribution in [0.1, 0.15) is 53.9 Å². The van der Waals surface area contributed by atoms with E-state index in [1.807, 2.05) is 0 Å². The maximum atomic E-state index is 8.97. The summed E-state index contributed by atoms with van der Waals surface area (Å²) in [7, 11) is -0.239. The van der Waals surface area contributed by atoms with Crippen molar-refractivity contribution in [2.45, 2.75) is 70.9 Å². The molecule has 3 nitrogen and oxygen atoms in total. The molecule has 4 aliphatic rings. The third-order valence-corrected chi connectivity index (χ3v) is 6.12. The molecule has 0 aromatic heterocycles. The lowest BCUT2D eigenvalue weighted by Gasteiger charge is -2.64. The predicted octanol–water partition coefficient (Wildman–Crippen LogP) is 3.41. The van der Waals surface area contributed by atoms with Gasteiger partial charge in [0, 0.05) is 11.7 Å². The molecule has 0 aromatic carbocycles. The lowest BCUT2D eigenvalue weighted by molar-refractivity contribution is -0.199. The SMILES string of the molecule is CC(C)(CC#N)B1O[C@@H]2CC3CC(C3(C)C)[C@]2(C)O1. The van der Waals surface area contributed by atoms with Crippen molar-refractivity contribution in [2.24, 2.45) is 17.3 Å². The van der Waals surface area contributed by atoms with Gasteiger partial charge in [-0.05, 0) is 37.0 Å². The van der Waals surface area contributed by atoms with Gasteiger partial charge in [0.15, 0.2) is 0 Å². The molecule has 0 spiro atoms. The highest BCUT2D eigenvalue weighted by Crippen LogP contribution is 2.66. The highest BCUT2D eigenvalue weighted by Gasteiger charge is 2.69. The Morgan fingerprint density at radius 3 is 2.58 bits per heavy atom. The Hall–Kier alpha value is -0.525.